The zero-order chi connectivity index (χ0) is 32.1. The summed E-state index contributed by atoms with van der Waals surface area (Å²) in [6.07, 6.45) is 6.73. The number of fused-ring (bicyclic) bond motifs is 3. The molecule has 1 aliphatic carbocycles. The van der Waals surface area contributed by atoms with Gasteiger partial charge in [-0.25, -0.2) is 4.79 Å². The van der Waals surface area contributed by atoms with E-state index < -0.39 is 29.9 Å². The van der Waals surface area contributed by atoms with E-state index >= 15 is 0 Å². The molecule has 2 saturated heterocycles. The maximum absolute atomic E-state index is 13.7. The Morgan fingerprint density at radius 3 is 2.33 bits per heavy atom. The number of hydrogen-bond acceptors (Lipinski definition) is 6. The number of rotatable bonds is 11. The van der Waals surface area contributed by atoms with Gasteiger partial charge in [0.15, 0.2) is 0 Å². The van der Waals surface area contributed by atoms with Crippen LogP contribution in [-0.4, -0.2) is 63.9 Å². The van der Waals surface area contributed by atoms with Crippen LogP contribution in [0.3, 0.4) is 0 Å². The highest BCUT2D eigenvalue weighted by Gasteiger charge is 2.47. The van der Waals surface area contributed by atoms with E-state index in [1.165, 1.54) is 12.4 Å². The van der Waals surface area contributed by atoms with Gasteiger partial charge in [0, 0.05) is 37.0 Å². The summed E-state index contributed by atoms with van der Waals surface area (Å²) in [7, 11) is 1.59. The molecule has 2 bridgehead atoms. The van der Waals surface area contributed by atoms with E-state index in [0.29, 0.717) is 23.4 Å². The van der Waals surface area contributed by atoms with Gasteiger partial charge in [0.2, 0.25) is 11.8 Å². The van der Waals surface area contributed by atoms with Gasteiger partial charge in [-0.3, -0.25) is 19.4 Å². The van der Waals surface area contributed by atoms with Crippen LogP contribution in [0.15, 0.2) is 60.9 Å². The number of hydrogen-bond donors (Lipinski definition) is 3. The van der Waals surface area contributed by atoms with Crippen molar-refractivity contribution in [3.8, 4) is 5.75 Å². The number of nitrogens with zero attached hydrogens (tertiary/aromatic N) is 2. The summed E-state index contributed by atoms with van der Waals surface area (Å²) in [5.74, 6) is -1.55. The Morgan fingerprint density at radius 2 is 1.69 bits per heavy atom. The van der Waals surface area contributed by atoms with E-state index in [-0.39, 0.29) is 46.3 Å². The molecule has 1 aromatic heterocycles. The third-order valence-corrected chi connectivity index (χ3v) is 9.12. The number of anilines is 1. The minimum atomic E-state index is -1.21. The van der Waals surface area contributed by atoms with Crippen LogP contribution in [0, 0.1) is 5.92 Å². The summed E-state index contributed by atoms with van der Waals surface area (Å²) in [6.45, 7) is 0. The van der Waals surface area contributed by atoms with Gasteiger partial charge in [-0.15, -0.1) is 0 Å². The molecule has 3 aromatic rings. The lowest BCUT2D eigenvalue weighted by atomic mass is 9.74. The number of carbonyl (C=O) groups excluding carboxylic acids is 3. The predicted molar refractivity (Wildman–Crippen MR) is 170 cm³/mol. The number of carbonyl (C=O) groups is 4. The van der Waals surface area contributed by atoms with Gasteiger partial charge < -0.3 is 25.4 Å². The maximum Gasteiger partial charge on any atom is 0.326 e. The molecule has 0 radical (unpaired) electrons. The van der Waals surface area contributed by atoms with Crippen molar-refractivity contribution in [3.05, 3.63) is 87.7 Å². The fourth-order valence-electron chi connectivity index (χ4n) is 6.30. The molecule has 1 saturated carbocycles. The molecule has 45 heavy (non-hydrogen) atoms. The van der Waals surface area contributed by atoms with Crippen molar-refractivity contribution >= 4 is 52.6 Å². The molecule has 0 spiro atoms. The molecule has 3 aliphatic rings. The lowest BCUT2D eigenvalue weighted by molar-refractivity contribution is -0.154. The van der Waals surface area contributed by atoms with Crippen LogP contribution in [0.2, 0.25) is 10.0 Å². The van der Waals surface area contributed by atoms with E-state index in [9.17, 15) is 24.3 Å². The molecule has 2 aliphatic heterocycles. The quantitative estimate of drug-likeness (QED) is 0.260. The summed E-state index contributed by atoms with van der Waals surface area (Å²) in [4.78, 5) is 57.7. The molecule has 3 fully saturated rings. The molecular weight excluding hydrogens is 619 g/mol. The predicted octanol–water partition coefficient (Wildman–Crippen LogP) is 5.16. The van der Waals surface area contributed by atoms with Crippen molar-refractivity contribution in [2.75, 3.05) is 12.4 Å². The number of methoxy groups -OCH3 is 1. The Kier molecular flexibility index (Phi) is 10.2. The molecule has 236 valence electrons. The minimum absolute atomic E-state index is 0.0158. The minimum Gasteiger partial charge on any atom is -0.497 e. The van der Waals surface area contributed by atoms with Crippen molar-refractivity contribution < 1.29 is 29.0 Å². The number of pyridine rings is 1. The molecule has 10 nitrogen and oxygen atoms in total. The number of halogens is 2. The summed E-state index contributed by atoms with van der Waals surface area (Å²) >= 11 is 12.1. The lowest BCUT2D eigenvalue weighted by Gasteiger charge is -2.50. The number of piperidine rings is 2. The summed E-state index contributed by atoms with van der Waals surface area (Å²) in [6, 6.07) is 12.2. The third kappa shape index (κ3) is 7.57. The largest absolute Gasteiger partial charge is 0.497 e. The van der Waals surface area contributed by atoms with E-state index in [1.807, 2.05) is 24.3 Å². The summed E-state index contributed by atoms with van der Waals surface area (Å²) in [5, 5.41) is 15.7. The van der Waals surface area contributed by atoms with Gasteiger partial charge in [-0.1, -0.05) is 47.5 Å². The van der Waals surface area contributed by atoms with Crippen molar-refractivity contribution in [3.63, 3.8) is 0 Å². The fraction of sp³-hybridized carbons (Fsp3) is 0.364. The number of carboxylic acids is 1. The average molecular weight is 654 g/mol. The smallest absolute Gasteiger partial charge is 0.326 e. The Bertz CT molecular complexity index is 1560. The van der Waals surface area contributed by atoms with Crippen molar-refractivity contribution in [1.29, 1.82) is 0 Å². The molecule has 3 N–H and O–H groups in total. The monoisotopic (exact) mass is 652 g/mol. The Labute approximate surface area is 271 Å². The molecule has 6 rings (SSSR count). The highest BCUT2D eigenvalue weighted by Crippen LogP contribution is 2.40. The zero-order valence-corrected chi connectivity index (χ0v) is 26.2. The van der Waals surface area contributed by atoms with Crippen LogP contribution >= 0.6 is 23.2 Å². The van der Waals surface area contributed by atoms with Crippen molar-refractivity contribution in [2.24, 2.45) is 5.92 Å². The molecule has 2 unspecified atom stereocenters. The third-order valence-electron chi connectivity index (χ3n) is 8.55. The SMILES string of the molecule is COc1cccc(CCC(=O)N2C3CCC(CC3)C2C(=O)NC(Cc2ccc(NC(=O)c3c(Cl)cncc3Cl)cc2)C(=O)O)c1. The standard InChI is InChI=1S/C33H34Cl2N4O6/c1-45-24-4-2-3-19(15-24)7-14-28(40)39-23-12-8-21(9-13-23)30(39)32(42)38-27(33(43)44)16-20-5-10-22(11-6-20)37-31(41)29-25(34)17-36-18-26(29)35/h2-6,10-11,15,17-18,21,23,27,30H,7-9,12-14,16H2,1H3,(H,37,41)(H,38,42)(H,43,44). The Balaban J connectivity index is 1.23. The summed E-state index contributed by atoms with van der Waals surface area (Å²) < 4.78 is 5.29. The van der Waals surface area contributed by atoms with Gasteiger partial charge in [-0.05, 0) is 73.4 Å². The van der Waals surface area contributed by atoms with E-state index in [0.717, 1.165) is 31.2 Å². The number of carboxylic acid groups (broad SMARTS) is 1. The lowest BCUT2D eigenvalue weighted by Crippen LogP contribution is -2.64. The van der Waals surface area contributed by atoms with E-state index in [1.54, 1.807) is 36.3 Å². The second kappa shape index (κ2) is 14.3. The first-order valence-electron chi connectivity index (χ1n) is 14.8. The summed E-state index contributed by atoms with van der Waals surface area (Å²) in [5.41, 5.74) is 2.14. The molecular formula is C33H34Cl2N4O6. The topological polar surface area (TPSA) is 138 Å². The van der Waals surface area contributed by atoms with E-state index in [4.69, 9.17) is 27.9 Å². The Hall–Kier alpha value is -4.15. The van der Waals surface area contributed by atoms with Crippen LogP contribution in [0.5, 0.6) is 5.75 Å². The molecule has 3 amide bonds. The zero-order valence-electron chi connectivity index (χ0n) is 24.7. The first-order chi connectivity index (χ1) is 21.6. The number of nitrogens with one attached hydrogen (secondary N) is 2. The highest BCUT2D eigenvalue weighted by molar-refractivity contribution is 6.40. The van der Waals surface area contributed by atoms with Gasteiger partial charge in [-0.2, -0.15) is 0 Å². The first kappa shape index (κ1) is 32.2. The number of aliphatic carboxylic acids is 1. The van der Waals surface area contributed by atoms with Crippen LogP contribution in [-0.2, 0) is 27.2 Å². The van der Waals surface area contributed by atoms with Gasteiger partial charge in [0.05, 0.1) is 22.7 Å². The van der Waals surface area contributed by atoms with Gasteiger partial charge in [0.1, 0.15) is 17.8 Å². The van der Waals surface area contributed by atoms with E-state index in [2.05, 4.69) is 15.6 Å². The highest BCUT2D eigenvalue weighted by atomic mass is 35.5. The van der Waals surface area contributed by atoms with Crippen LogP contribution < -0.4 is 15.4 Å². The normalized spacial score (nSPS) is 19.4. The van der Waals surface area contributed by atoms with Gasteiger partial charge >= 0.3 is 5.97 Å². The van der Waals surface area contributed by atoms with Crippen LogP contribution in [0.1, 0.15) is 53.6 Å². The number of aromatic nitrogens is 1. The molecule has 2 aromatic carbocycles. The molecule has 3 heterocycles. The molecule has 12 heteroatoms. The van der Waals surface area contributed by atoms with Crippen LogP contribution in [0.25, 0.3) is 0 Å². The second-order valence-corrected chi connectivity index (χ2v) is 12.2. The second-order valence-electron chi connectivity index (χ2n) is 11.4. The Morgan fingerprint density at radius 1 is 1.00 bits per heavy atom. The first-order valence-corrected chi connectivity index (χ1v) is 15.6. The van der Waals surface area contributed by atoms with Crippen LogP contribution in [0.4, 0.5) is 5.69 Å². The van der Waals surface area contributed by atoms with Crippen molar-refractivity contribution in [1.82, 2.24) is 15.2 Å². The number of ether oxygens (including phenoxy) is 1. The van der Waals surface area contributed by atoms with Crippen molar-refractivity contribution in [2.45, 2.75) is 63.1 Å². The van der Waals surface area contributed by atoms with Gasteiger partial charge in [0.25, 0.3) is 5.91 Å². The number of amides is 3. The maximum atomic E-state index is 13.7. The fourth-order valence-corrected chi connectivity index (χ4v) is 6.83. The number of benzene rings is 2. The molecule has 2 atom stereocenters. The number of aryl methyl sites for hydroxylation is 1. The average Bonchev–Trinajstić information content (AvgIpc) is 3.04.